The van der Waals surface area contributed by atoms with Gasteiger partial charge in [0.25, 0.3) is 5.56 Å². The second-order valence-corrected chi connectivity index (χ2v) is 6.85. The number of aromatic nitrogens is 2. The lowest BCUT2D eigenvalue weighted by Crippen LogP contribution is -2.27. The second-order valence-electron chi connectivity index (χ2n) is 4.99. The van der Waals surface area contributed by atoms with E-state index in [2.05, 4.69) is 25.9 Å². The second kappa shape index (κ2) is 6.29. The van der Waals surface area contributed by atoms with Crippen molar-refractivity contribution in [1.82, 2.24) is 9.78 Å². The van der Waals surface area contributed by atoms with Gasteiger partial charge in [-0.15, -0.1) is 11.3 Å². The van der Waals surface area contributed by atoms with Crippen LogP contribution in [0.1, 0.15) is 11.3 Å². The van der Waals surface area contributed by atoms with Gasteiger partial charge in [0.1, 0.15) is 0 Å². The van der Waals surface area contributed by atoms with Crippen LogP contribution in [0.3, 0.4) is 0 Å². The van der Waals surface area contributed by atoms with Gasteiger partial charge >= 0.3 is 0 Å². The van der Waals surface area contributed by atoms with E-state index < -0.39 is 0 Å². The molecule has 1 aliphatic heterocycles. The molecule has 1 aliphatic rings. The quantitative estimate of drug-likeness (QED) is 0.829. The molecule has 1 atom stereocenters. The molecular formula is C14H16BrN3O2S. The van der Waals surface area contributed by atoms with Crippen LogP contribution >= 0.6 is 27.3 Å². The molecule has 3 rings (SSSR count). The summed E-state index contributed by atoms with van der Waals surface area (Å²) in [4.78, 5) is 15.5. The lowest BCUT2D eigenvalue weighted by atomic mass is 10.3. The average Bonchev–Trinajstić information content (AvgIpc) is 3.10. The Balaban J connectivity index is 1.77. The minimum absolute atomic E-state index is 0.0753. The number of thiophene rings is 1. The van der Waals surface area contributed by atoms with Gasteiger partial charge in [0.2, 0.25) is 0 Å². The third-order valence-corrected chi connectivity index (χ3v) is 5.59. The summed E-state index contributed by atoms with van der Waals surface area (Å²) < 4.78 is 7.86. The minimum Gasteiger partial charge on any atom is -0.380 e. The Hall–Kier alpha value is -1.18. The Morgan fingerprint density at radius 2 is 2.43 bits per heavy atom. The van der Waals surface area contributed by atoms with Crippen LogP contribution in [0.4, 0.5) is 5.69 Å². The maximum Gasteiger partial charge on any atom is 0.269 e. The van der Waals surface area contributed by atoms with Crippen LogP contribution in [-0.2, 0) is 11.3 Å². The van der Waals surface area contributed by atoms with Gasteiger partial charge < -0.3 is 9.64 Å². The highest BCUT2D eigenvalue weighted by Crippen LogP contribution is 2.23. The Morgan fingerprint density at radius 1 is 1.57 bits per heavy atom. The molecule has 7 heteroatoms. The lowest BCUT2D eigenvalue weighted by Gasteiger charge is -2.18. The van der Waals surface area contributed by atoms with Crippen LogP contribution in [0.15, 0.2) is 33.0 Å². The molecular weight excluding hydrogens is 354 g/mol. The molecule has 0 N–H and O–H groups in total. The fourth-order valence-corrected chi connectivity index (χ4v) is 3.90. The van der Waals surface area contributed by atoms with Gasteiger partial charge in [-0.1, -0.05) is 0 Å². The molecule has 2 aromatic heterocycles. The molecule has 0 saturated carbocycles. The van der Waals surface area contributed by atoms with E-state index in [9.17, 15) is 4.79 Å². The smallest absolute Gasteiger partial charge is 0.269 e. The molecule has 0 aliphatic carbocycles. The molecule has 112 valence electrons. The van der Waals surface area contributed by atoms with E-state index in [-0.39, 0.29) is 11.7 Å². The van der Waals surface area contributed by atoms with E-state index >= 15 is 0 Å². The van der Waals surface area contributed by atoms with Crippen molar-refractivity contribution >= 4 is 33.0 Å². The Labute approximate surface area is 135 Å². The molecule has 1 unspecified atom stereocenters. The lowest BCUT2D eigenvalue weighted by molar-refractivity contribution is 0.121. The zero-order chi connectivity index (χ0) is 14.8. The van der Waals surface area contributed by atoms with Gasteiger partial charge in [-0.05, 0) is 33.8 Å². The van der Waals surface area contributed by atoms with E-state index in [4.69, 9.17) is 4.74 Å². The van der Waals surface area contributed by atoms with Gasteiger partial charge in [0, 0.05) is 35.6 Å². The predicted molar refractivity (Wildman–Crippen MR) is 87.2 cm³/mol. The van der Waals surface area contributed by atoms with Crippen molar-refractivity contribution in [3.63, 3.8) is 0 Å². The predicted octanol–water partition coefficient (Wildman–Crippen LogP) is 2.34. The first kappa shape index (κ1) is 14.7. The highest BCUT2D eigenvalue weighted by molar-refractivity contribution is 9.10. The monoisotopic (exact) mass is 369 g/mol. The zero-order valence-electron chi connectivity index (χ0n) is 11.7. The van der Waals surface area contributed by atoms with Gasteiger partial charge in [-0.3, -0.25) is 4.79 Å². The standard InChI is InChI=1S/C14H16BrN3O2S/c1-20-11-2-4-17(8-11)10-6-14(19)18(16-7-10)9-13-12(15)3-5-21-13/h3,5-7,11H,2,4,8-9H2,1H3. The summed E-state index contributed by atoms with van der Waals surface area (Å²) in [5.41, 5.74) is 0.801. The summed E-state index contributed by atoms with van der Waals surface area (Å²) >= 11 is 5.09. The Morgan fingerprint density at radius 3 is 3.05 bits per heavy atom. The van der Waals surface area contributed by atoms with E-state index in [1.807, 2.05) is 11.4 Å². The summed E-state index contributed by atoms with van der Waals surface area (Å²) in [6.45, 7) is 2.22. The topological polar surface area (TPSA) is 47.4 Å². The van der Waals surface area contributed by atoms with Crippen LogP contribution in [0.2, 0.25) is 0 Å². The summed E-state index contributed by atoms with van der Waals surface area (Å²) in [7, 11) is 1.73. The van der Waals surface area contributed by atoms with Crippen molar-refractivity contribution < 1.29 is 4.74 Å². The molecule has 0 spiro atoms. The van der Waals surface area contributed by atoms with Crippen molar-refractivity contribution in [2.45, 2.75) is 19.1 Å². The third kappa shape index (κ3) is 3.20. The molecule has 0 bridgehead atoms. The van der Waals surface area contributed by atoms with Crippen molar-refractivity contribution in [3.05, 3.63) is 43.4 Å². The Bertz CT molecular complexity index is 685. The highest BCUT2D eigenvalue weighted by Gasteiger charge is 2.22. The van der Waals surface area contributed by atoms with Crippen LogP contribution < -0.4 is 10.5 Å². The normalized spacial score (nSPS) is 18.4. The molecule has 0 amide bonds. The van der Waals surface area contributed by atoms with Crippen LogP contribution in [0, 0.1) is 0 Å². The van der Waals surface area contributed by atoms with Crippen molar-refractivity contribution in [2.75, 3.05) is 25.1 Å². The van der Waals surface area contributed by atoms with Crippen LogP contribution in [0.5, 0.6) is 0 Å². The number of methoxy groups -OCH3 is 1. The molecule has 1 fully saturated rings. The van der Waals surface area contributed by atoms with E-state index in [1.54, 1.807) is 30.7 Å². The van der Waals surface area contributed by atoms with Gasteiger partial charge in [-0.25, -0.2) is 4.68 Å². The summed E-state index contributed by atoms with van der Waals surface area (Å²) in [5.74, 6) is 0. The number of rotatable bonds is 4. The molecule has 0 aromatic carbocycles. The summed E-state index contributed by atoms with van der Waals surface area (Å²) in [6, 6.07) is 3.64. The van der Waals surface area contributed by atoms with Crippen molar-refractivity contribution in [2.24, 2.45) is 0 Å². The summed E-state index contributed by atoms with van der Waals surface area (Å²) in [5, 5.41) is 6.29. The van der Waals surface area contributed by atoms with Crippen molar-refractivity contribution in [3.8, 4) is 0 Å². The number of ether oxygens (including phenoxy) is 1. The summed E-state index contributed by atoms with van der Waals surface area (Å²) in [6.07, 6.45) is 3.00. The average molecular weight is 370 g/mol. The van der Waals surface area contributed by atoms with E-state index in [1.165, 1.54) is 4.68 Å². The van der Waals surface area contributed by atoms with E-state index in [0.29, 0.717) is 6.54 Å². The molecule has 21 heavy (non-hydrogen) atoms. The van der Waals surface area contributed by atoms with Crippen LogP contribution in [-0.4, -0.2) is 36.1 Å². The Kier molecular flexibility index (Phi) is 4.42. The van der Waals surface area contributed by atoms with Crippen LogP contribution in [0.25, 0.3) is 0 Å². The van der Waals surface area contributed by atoms with Gasteiger partial charge in [0.05, 0.1) is 24.5 Å². The molecule has 2 aromatic rings. The molecule has 5 nitrogen and oxygen atoms in total. The largest absolute Gasteiger partial charge is 0.380 e. The van der Waals surface area contributed by atoms with Gasteiger partial charge in [0.15, 0.2) is 0 Å². The highest BCUT2D eigenvalue weighted by atomic mass is 79.9. The minimum atomic E-state index is -0.0753. The number of hydrogen-bond donors (Lipinski definition) is 0. The third-order valence-electron chi connectivity index (χ3n) is 3.68. The maximum absolute atomic E-state index is 12.2. The van der Waals surface area contributed by atoms with Gasteiger partial charge in [-0.2, -0.15) is 5.10 Å². The maximum atomic E-state index is 12.2. The molecule has 3 heterocycles. The number of halogens is 1. The zero-order valence-corrected chi connectivity index (χ0v) is 14.1. The fourth-order valence-electron chi connectivity index (χ4n) is 2.44. The van der Waals surface area contributed by atoms with Crippen molar-refractivity contribution in [1.29, 1.82) is 0 Å². The molecule has 0 radical (unpaired) electrons. The number of anilines is 1. The first-order valence-corrected chi connectivity index (χ1v) is 8.41. The van der Waals surface area contributed by atoms with E-state index in [0.717, 1.165) is 34.5 Å². The number of hydrogen-bond acceptors (Lipinski definition) is 5. The molecule has 1 saturated heterocycles. The SMILES string of the molecule is COC1CCN(c2cnn(Cc3sccc3Br)c(=O)c2)C1. The fraction of sp³-hybridized carbons (Fsp3) is 0.429. The number of nitrogens with zero attached hydrogens (tertiary/aromatic N) is 3. The first-order chi connectivity index (χ1) is 10.2. The first-order valence-electron chi connectivity index (χ1n) is 6.74.